The largest absolute Gasteiger partial charge is 0.321 e. The molecule has 0 radical (unpaired) electrons. The molecule has 4 rings (SSSR count). The Morgan fingerprint density at radius 1 is 1.00 bits per heavy atom. The van der Waals surface area contributed by atoms with Crippen molar-refractivity contribution in [3.05, 3.63) is 107 Å². The van der Waals surface area contributed by atoms with Gasteiger partial charge in [-0.25, -0.2) is 0 Å². The highest BCUT2D eigenvalue weighted by atomic mass is 32.2. The third-order valence-corrected chi connectivity index (χ3v) is 6.44. The minimum Gasteiger partial charge on any atom is -0.321 e. The second-order valence-corrected chi connectivity index (χ2v) is 8.56. The van der Waals surface area contributed by atoms with Crippen LogP contribution in [0.1, 0.15) is 11.1 Å². The molecule has 0 bridgehead atoms. The van der Waals surface area contributed by atoms with E-state index in [2.05, 4.69) is 5.32 Å². The second kappa shape index (κ2) is 9.54. The molecule has 1 atom stereocenters. The van der Waals surface area contributed by atoms with E-state index in [1.165, 1.54) is 16.7 Å². The van der Waals surface area contributed by atoms with Crippen LogP contribution in [0.15, 0.2) is 95.5 Å². The van der Waals surface area contributed by atoms with E-state index in [1.54, 1.807) is 18.2 Å². The van der Waals surface area contributed by atoms with Crippen molar-refractivity contribution < 1.29 is 9.59 Å². The quantitative estimate of drug-likeness (QED) is 0.445. The maximum Gasteiger partial charge on any atom is 0.269 e. The van der Waals surface area contributed by atoms with Crippen LogP contribution < -0.4 is 10.2 Å². The van der Waals surface area contributed by atoms with Crippen LogP contribution in [0.5, 0.6) is 0 Å². The van der Waals surface area contributed by atoms with E-state index in [4.69, 9.17) is 0 Å². The van der Waals surface area contributed by atoms with Crippen LogP contribution in [0.3, 0.4) is 0 Å². The number of thioether (sulfide) groups is 1. The van der Waals surface area contributed by atoms with Gasteiger partial charge in [0.2, 0.25) is 5.91 Å². The number of carbonyl (C=O) groups is 2. The average Bonchev–Trinajstić information content (AvgIpc) is 3.12. The fourth-order valence-electron chi connectivity index (χ4n) is 3.53. The highest BCUT2D eigenvalue weighted by Crippen LogP contribution is 2.42. The Kier molecular flexibility index (Phi) is 6.39. The molecule has 158 valence electrons. The Balaban J connectivity index is 1.72. The first-order valence-corrected chi connectivity index (χ1v) is 11.1. The van der Waals surface area contributed by atoms with E-state index < -0.39 is 11.2 Å². The molecular formula is C26H21N3O2S. The maximum absolute atomic E-state index is 13.4. The number of aryl methyl sites for hydroxylation is 1. The van der Waals surface area contributed by atoms with Crippen molar-refractivity contribution in [2.75, 3.05) is 10.2 Å². The van der Waals surface area contributed by atoms with Gasteiger partial charge >= 0.3 is 0 Å². The Morgan fingerprint density at radius 2 is 1.62 bits per heavy atom. The molecule has 5 nitrogen and oxygen atoms in total. The van der Waals surface area contributed by atoms with E-state index in [0.717, 1.165) is 11.1 Å². The van der Waals surface area contributed by atoms with Crippen LogP contribution in [-0.2, 0) is 16.0 Å². The molecule has 1 heterocycles. The van der Waals surface area contributed by atoms with Crippen LogP contribution in [0.25, 0.3) is 0 Å². The van der Waals surface area contributed by atoms with Gasteiger partial charge in [0, 0.05) is 11.4 Å². The zero-order chi connectivity index (χ0) is 22.5. The number of nitriles is 1. The molecule has 2 amide bonds. The molecule has 1 fully saturated rings. The minimum absolute atomic E-state index is 0.0778. The van der Waals surface area contributed by atoms with Gasteiger partial charge in [-0.2, -0.15) is 5.26 Å². The molecule has 3 aromatic rings. The summed E-state index contributed by atoms with van der Waals surface area (Å²) < 4.78 is 0. The zero-order valence-corrected chi connectivity index (χ0v) is 18.3. The van der Waals surface area contributed by atoms with Crippen LogP contribution in [0.2, 0.25) is 0 Å². The second-order valence-electron chi connectivity index (χ2n) is 7.37. The first-order chi connectivity index (χ1) is 15.6. The highest BCUT2D eigenvalue weighted by molar-refractivity contribution is 8.05. The maximum atomic E-state index is 13.4. The number of nitrogens with zero attached hydrogens (tertiary/aromatic N) is 2. The molecule has 3 aromatic carbocycles. The Bertz CT molecular complexity index is 1220. The molecule has 0 saturated carbocycles. The SMILES string of the molecule is Cc1ccccc1NC(=O)C(C#N)=C1SC(Cc2ccccc2)C(=O)N1c1ccccc1. The van der Waals surface area contributed by atoms with Gasteiger partial charge in [-0.15, -0.1) is 0 Å². The van der Waals surface area contributed by atoms with Crippen molar-refractivity contribution >= 4 is 35.0 Å². The standard InChI is InChI=1S/C26H21N3O2S/c1-18-10-8-9-15-22(18)28-24(30)21(17-27)26-29(20-13-6-3-7-14-20)25(31)23(32-26)16-19-11-4-2-5-12-19/h2-15,23H,16H2,1H3,(H,28,30). The summed E-state index contributed by atoms with van der Waals surface area (Å²) in [5, 5.41) is 12.7. The number of hydrogen-bond acceptors (Lipinski definition) is 4. The Hall–Kier alpha value is -3.82. The monoisotopic (exact) mass is 439 g/mol. The van der Waals surface area contributed by atoms with Crippen molar-refractivity contribution in [2.45, 2.75) is 18.6 Å². The van der Waals surface area contributed by atoms with Crippen molar-refractivity contribution in [2.24, 2.45) is 0 Å². The van der Waals surface area contributed by atoms with Crippen molar-refractivity contribution in [3.63, 3.8) is 0 Å². The lowest BCUT2D eigenvalue weighted by Crippen LogP contribution is -2.30. The number of hydrogen-bond donors (Lipinski definition) is 1. The van der Waals surface area contributed by atoms with Gasteiger partial charge in [-0.05, 0) is 42.7 Å². The first-order valence-electron chi connectivity index (χ1n) is 10.2. The first kappa shape index (κ1) is 21.4. The van der Waals surface area contributed by atoms with Crippen LogP contribution in [0.4, 0.5) is 11.4 Å². The number of nitrogens with one attached hydrogen (secondary N) is 1. The molecule has 0 aromatic heterocycles. The van der Waals surface area contributed by atoms with Crippen LogP contribution in [-0.4, -0.2) is 17.1 Å². The summed E-state index contributed by atoms with van der Waals surface area (Å²) >= 11 is 1.26. The third-order valence-electron chi connectivity index (χ3n) is 5.18. The fourth-order valence-corrected chi connectivity index (χ4v) is 4.83. The number of anilines is 2. The Morgan fingerprint density at radius 3 is 2.28 bits per heavy atom. The predicted octanol–water partition coefficient (Wildman–Crippen LogP) is 5.06. The van der Waals surface area contributed by atoms with Gasteiger partial charge in [0.15, 0.2) is 0 Å². The van der Waals surface area contributed by atoms with Crippen LogP contribution in [0, 0.1) is 18.3 Å². The molecular weight excluding hydrogens is 418 g/mol. The minimum atomic E-state index is -0.529. The lowest BCUT2D eigenvalue weighted by molar-refractivity contribution is -0.117. The molecule has 1 N–H and O–H groups in total. The average molecular weight is 440 g/mol. The lowest BCUT2D eigenvalue weighted by atomic mass is 10.1. The number of rotatable bonds is 5. The lowest BCUT2D eigenvalue weighted by Gasteiger charge is -2.18. The van der Waals surface area contributed by atoms with E-state index >= 15 is 0 Å². The number of para-hydroxylation sites is 2. The van der Waals surface area contributed by atoms with Crippen molar-refractivity contribution in [1.82, 2.24) is 0 Å². The normalized spacial score (nSPS) is 17.1. The topological polar surface area (TPSA) is 73.2 Å². The molecule has 1 aliphatic rings. The van der Waals surface area contributed by atoms with E-state index in [-0.39, 0.29) is 11.5 Å². The summed E-state index contributed by atoms with van der Waals surface area (Å²) in [4.78, 5) is 28.0. The summed E-state index contributed by atoms with van der Waals surface area (Å²) in [5.41, 5.74) is 3.10. The van der Waals surface area contributed by atoms with E-state index in [9.17, 15) is 14.9 Å². The summed E-state index contributed by atoms with van der Waals surface area (Å²) in [6.45, 7) is 1.88. The molecule has 32 heavy (non-hydrogen) atoms. The number of benzene rings is 3. The van der Waals surface area contributed by atoms with Gasteiger partial charge < -0.3 is 5.32 Å². The van der Waals surface area contributed by atoms with Gasteiger partial charge in [-0.1, -0.05) is 78.5 Å². The van der Waals surface area contributed by atoms with Crippen molar-refractivity contribution in [3.8, 4) is 6.07 Å². The molecule has 0 aliphatic carbocycles. The molecule has 1 aliphatic heterocycles. The van der Waals surface area contributed by atoms with Gasteiger partial charge in [0.25, 0.3) is 5.91 Å². The van der Waals surface area contributed by atoms with Gasteiger partial charge in [0.1, 0.15) is 16.7 Å². The van der Waals surface area contributed by atoms with E-state index in [0.29, 0.717) is 22.8 Å². The summed E-state index contributed by atoms with van der Waals surface area (Å²) in [5.74, 6) is -0.671. The third kappa shape index (κ3) is 4.43. The highest BCUT2D eigenvalue weighted by Gasteiger charge is 2.40. The Labute approximate surface area is 191 Å². The van der Waals surface area contributed by atoms with Gasteiger partial charge in [0.05, 0.1) is 5.25 Å². The smallest absolute Gasteiger partial charge is 0.269 e. The number of carbonyl (C=O) groups excluding carboxylic acids is 2. The van der Waals surface area contributed by atoms with Crippen molar-refractivity contribution in [1.29, 1.82) is 5.26 Å². The van der Waals surface area contributed by atoms with Crippen LogP contribution >= 0.6 is 11.8 Å². The zero-order valence-electron chi connectivity index (χ0n) is 17.5. The number of amides is 2. The van der Waals surface area contributed by atoms with Gasteiger partial charge in [-0.3, -0.25) is 14.5 Å². The molecule has 1 saturated heterocycles. The molecule has 1 unspecified atom stereocenters. The summed E-state index contributed by atoms with van der Waals surface area (Å²) in [6.07, 6.45) is 0.509. The van der Waals surface area contributed by atoms with E-state index in [1.807, 2.05) is 79.7 Å². The molecule has 0 spiro atoms. The molecule has 6 heteroatoms. The summed E-state index contributed by atoms with van der Waals surface area (Å²) in [6, 6.07) is 28.3. The fraction of sp³-hybridized carbons (Fsp3) is 0.115. The predicted molar refractivity (Wildman–Crippen MR) is 128 cm³/mol. The summed E-state index contributed by atoms with van der Waals surface area (Å²) in [7, 11) is 0.